The molecular formula is C46H31NO. The Morgan fingerprint density at radius 3 is 1.81 bits per heavy atom. The van der Waals surface area contributed by atoms with Gasteiger partial charge in [-0.3, -0.25) is 0 Å². The quantitative estimate of drug-likeness (QED) is 0.185. The number of anilines is 3. The molecule has 0 saturated heterocycles. The molecule has 0 unspecified atom stereocenters. The summed E-state index contributed by atoms with van der Waals surface area (Å²) in [5, 5.41) is 4.68. The molecule has 9 rings (SSSR count). The molecule has 1 aromatic heterocycles. The molecule has 0 bridgehead atoms. The van der Waals surface area contributed by atoms with Crippen LogP contribution in [0.4, 0.5) is 17.1 Å². The fraction of sp³-hybridized carbons (Fsp3) is 0. The van der Waals surface area contributed by atoms with E-state index in [1.165, 1.54) is 44.2 Å². The third-order valence-corrected chi connectivity index (χ3v) is 9.25. The Labute approximate surface area is 279 Å². The zero-order chi connectivity index (χ0) is 31.9. The summed E-state index contributed by atoms with van der Waals surface area (Å²) in [6, 6.07) is 66.9. The van der Waals surface area contributed by atoms with Crippen molar-refractivity contribution < 1.29 is 4.42 Å². The Hall–Kier alpha value is -6.38. The second kappa shape index (κ2) is 11.8. The van der Waals surface area contributed by atoms with Crippen LogP contribution in [0, 0.1) is 0 Å². The molecule has 2 nitrogen and oxygen atoms in total. The van der Waals surface area contributed by atoms with Gasteiger partial charge >= 0.3 is 0 Å². The van der Waals surface area contributed by atoms with E-state index >= 15 is 0 Å². The fourth-order valence-electron chi connectivity index (χ4n) is 6.97. The van der Waals surface area contributed by atoms with Crippen LogP contribution in [0.25, 0.3) is 66.1 Å². The number of para-hydroxylation sites is 1. The lowest BCUT2D eigenvalue weighted by Crippen LogP contribution is -2.10. The monoisotopic (exact) mass is 613 g/mol. The Balaban J connectivity index is 1.20. The van der Waals surface area contributed by atoms with Crippen LogP contribution in [-0.4, -0.2) is 0 Å². The summed E-state index contributed by atoms with van der Waals surface area (Å²) in [6.45, 7) is 0. The number of fused-ring (bicyclic) bond motifs is 4. The van der Waals surface area contributed by atoms with Crippen molar-refractivity contribution in [1.82, 2.24) is 0 Å². The Morgan fingerprint density at radius 1 is 0.354 bits per heavy atom. The van der Waals surface area contributed by atoms with Gasteiger partial charge in [0.05, 0.1) is 11.1 Å². The van der Waals surface area contributed by atoms with Crippen molar-refractivity contribution in [3.8, 4) is 33.4 Å². The lowest BCUT2D eigenvalue weighted by molar-refractivity contribution is 0.669. The van der Waals surface area contributed by atoms with Gasteiger partial charge in [-0.1, -0.05) is 140 Å². The van der Waals surface area contributed by atoms with E-state index in [1.54, 1.807) is 0 Å². The number of hydrogen-bond acceptors (Lipinski definition) is 2. The van der Waals surface area contributed by atoms with E-state index in [0.717, 1.165) is 39.0 Å². The molecule has 0 spiro atoms. The fourth-order valence-corrected chi connectivity index (χ4v) is 6.97. The molecule has 0 fully saturated rings. The van der Waals surface area contributed by atoms with Crippen molar-refractivity contribution in [3.63, 3.8) is 0 Å². The molecule has 2 heteroatoms. The summed E-state index contributed by atoms with van der Waals surface area (Å²) < 4.78 is 6.35. The van der Waals surface area contributed by atoms with Crippen LogP contribution in [0.2, 0.25) is 0 Å². The standard InChI is InChI=1S/C46H31NO/c1-2-12-32(13-3-1)35-16-8-17-36(30-35)33-26-28-38(29-27-33)47(43-23-11-25-45-46(43)42-21-6-7-24-44(42)48-45)39-19-9-18-37(31-39)41-22-10-15-34-14-4-5-20-40(34)41/h1-31H. The first-order chi connectivity index (χ1) is 23.8. The van der Waals surface area contributed by atoms with Crippen LogP contribution in [0.3, 0.4) is 0 Å². The molecule has 0 aliphatic carbocycles. The van der Waals surface area contributed by atoms with Crippen molar-refractivity contribution in [3.05, 3.63) is 188 Å². The summed E-state index contributed by atoms with van der Waals surface area (Å²) in [5.41, 5.74) is 12.2. The van der Waals surface area contributed by atoms with E-state index in [1.807, 2.05) is 12.1 Å². The number of rotatable bonds is 6. The smallest absolute Gasteiger partial charge is 0.137 e. The Kier molecular flexibility index (Phi) is 6.84. The van der Waals surface area contributed by atoms with Crippen LogP contribution in [0.15, 0.2) is 192 Å². The molecule has 0 amide bonds. The highest BCUT2D eigenvalue weighted by atomic mass is 16.3. The predicted octanol–water partition coefficient (Wildman–Crippen LogP) is 13.2. The van der Waals surface area contributed by atoms with Crippen molar-refractivity contribution in [2.24, 2.45) is 0 Å². The van der Waals surface area contributed by atoms with Gasteiger partial charge in [0.25, 0.3) is 0 Å². The third-order valence-electron chi connectivity index (χ3n) is 9.25. The maximum atomic E-state index is 6.35. The van der Waals surface area contributed by atoms with Crippen molar-refractivity contribution in [1.29, 1.82) is 0 Å². The molecule has 9 aromatic rings. The van der Waals surface area contributed by atoms with Crippen LogP contribution in [0.1, 0.15) is 0 Å². The number of hydrogen-bond donors (Lipinski definition) is 0. The van der Waals surface area contributed by atoms with Gasteiger partial charge in [-0.15, -0.1) is 0 Å². The second-order valence-corrected chi connectivity index (χ2v) is 12.2. The van der Waals surface area contributed by atoms with Gasteiger partial charge in [0, 0.05) is 16.8 Å². The van der Waals surface area contributed by atoms with E-state index < -0.39 is 0 Å². The summed E-state index contributed by atoms with van der Waals surface area (Å²) in [6.07, 6.45) is 0. The molecule has 0 radical (unpaired) electrons. The first-order valence-electron chi connectivity index (χ1n) is 16.3. The van der Waals surface area contributed by atoms with E-state index in [-0.39, 0.29) is 0 Å². The number of nitrogens with zero attached hydrogens (tertiary/aromatic N) is 1. The molecule has 0 aliphatic rings. The maximum absolute atomic E-state index is 6.35. The third kappa shape index (κ3) is 4.92. The predicted molar refractivity (Wildman–Crippen MR) is 202 cm³/mol. The molecule has 8 aromatic carbocycles. The van der Waals surface area contributed by atoms with Crippen molar-refractivity contribution in [2.45, 2.75) is 0 Å². The Morgan fingerprint density at radius 2 is 0.958 bits per heavy atom. The minimum absolute atomic E-state index is 0.873. The van der Waals surface area contributed by atoms with Crippen LogP contribution in [0.5, 0.6) is 0 Å². The summed E-state index contributed by atoms with van der Waals surface area (Å²) in [4.78, 5) is 2.36. The van der Waals surface area contributed by atoms with Crippen molar-refractivity contribution in [2.75, 3.05) is 4.90 Å². The molecule has 0 atom stereocenters. The normalized spacial score (nSPS) is 11.3. The molecule has 1 heterocycles. The summed E-state index contributed by atoms with van der Waals surface area (Å²) in [5.74, 6) is 0. The van der Waals surface area contributed by atoms with Crippen LogP contribution in [-0.2, 0) is 0 Å². The first-order valence-corrected chi connectivity index (χ1v) is 16.3. The zero-order valence-electron chi connectivity index (χ0n) is 26.3. The Bertz CT molecular complexity index is 2560. The van der Waals surface area contributed by atoms with Gasteiger partial charge in [-0.05, 0) is 92.7 Å². The lowest BCUT2D eigenvalue weighted by atomic mass is 9.97. The highest BCUT2D eigenvalue weighted by molar-refractivity contribution is 6.13. The molecular weight excluding hydrogens is 583 g/mol. The van der Waals surface area contributed by atoms with E-state index in [2.05, 4.69) is 181 Å². The number of benzene rings is 8. The second-order valence-electron chi connectivity index (χ2n) is 12.2. The van der Waals surface area contributed by atoms with Gasteiger partial charge in [-0.2, -0.15) is 0 Å². The van der Waals surface area contributed by atoms with E-state index in [4.69, 9.17) is 4.42 Å². The maximum Gasteiger partial charge on any atom is 0.137 e. The van der Waals surface area contributed by atoms with Crippen molar-refractivity contribution >= 4 is 49.8 Å². The van der Waals surface area contributed by atoms with Gasteiger partial charge in [0.1, 0.15) is 11.2 Å². The molecule has 0 aliphatic heterocycles. The van der Waals surface area contributed by atoms with Gasteiger partial charge in [0.2, 0.25) is 0 Å². The number of furan rings is 1. The topological polar surface area (TPSA) is 16.4 Å². The summed E-state index contributed by atoms with van der Waals surface area (Å²) in [7, 11) is 0. The molecule has 226 valence electrons. The highest BCUT2D eigenvalue weighted by Crippen LogP contribution is 2.44. The van der Waals surface area contributed by atoms with Crippen LogP contribution < -0.4 is 4.90 Å². The zero-order valence-corrected chi connectivity index (χ0v) is 26.3. The highest BCUT2D eigenvalue weighted by Gasteiger charge is 2.20. The average Bonchev–Trinajstić information content (AvgIpc) is 3.55. The van der Waals surface area contributed by atoms with E-state index in [9.17, 15) is 0 Å². The first kappa shape index (κ1) is 27.9. The van der Waals surface area contributed by atoms with Gasteiger partial charge in [-0.25, -0.2) is 0 Å². The van der Waals surface area contributed by atoms with Gasteiger partial charge in [0.15, 0.2) is 0 Å². The minimum Gasteiger partial charge on any atom is -0.456 e. The molecule has 48 heavy (non-hydrogen) atoms. The van der Waals surface area contributed by atoms with E-state index in [0.29, 0.717) is 0 Å². The lowest BCUT2D eigenvalue weighted by Gasteiger charge is -2.27. The average molecular weight is 614 g/mol. The van der Waals surface area contributed by atoms with Crippen LogP contribution >= 0.6 is 0 Å². The minimum atomic E-state index is 0.873. The van der Waals surface area contributed by atoms with Gasteiger partial charge < -0.3 is 9.32 Å². The largest absolute Gasteiger partial charge is 0.456 e. The summed E-state index contributed by atoms with van der Waals surface area (Å²) >= 11 is 0. The SMILES string of the molecule is c1ccc(-c2cccc(-c3ccc(N(c4cccc(-c5cccc6ccccc56)c4)c4cccc5oc6ccccc6c45)cc3)c2)cc1. The molecule has 0 saturated carbocycles. The molecule has 0 N–H and O–H groups in total.